The minimum Gasteiger partial charge on any atom is -0.497 e. The molecule has 0 aliphatic carbocycles. The van der Waals surface area contributed by atoms with Gasteiger partial charge in [-0.1, -0.05) is 11.8 Å². The maximum absolute atomic E-state index is 12.2. The lowest BCUT2D eigenvalue weighted by Crippen LogP contribution is -2.15. The molecule has 2 aromatic carbocycles. The lowest BCUT2D eigenvalue weighted by molar-refractivity contribution is -0.113. The summed E-state index contributed by atoms with van der Waals surface area (Å²) in [6.45, 7) is 0. The van der Waals surface area contributed by atoms with Crippen molar-refractivity contribution in [1.29, 1.82) is 0 Å². The van der Waals surface area contributed by atoms with Crippen molar-refractivity contribution in [1.82, 2.24) is 14.8 Å². The Kier molecular flexibility index (Phi) is 5.97. The number of carbonyl (C=O) groups excluding carboxylic acids is 1. The zero-order chi connectivity index (χ0) is 19.2. The fraction of sp³-hybridized carbons (Fsp3) is 0.211. The molecule has 0 fully saturated rings. The minimum atomic E-state index is -0.0955. The van der Waals surface area contributed by atoms with Gasteiger partial charge >= 0.3 is 0 Å². The molecule has 0 atom stereocenters. The molecular formula is C19H21N5O2S. The zero-order valence-corrected chi connectivity index (χ0v) is 16.2. The van der Waals surface area contributed by atoms with E-state index in [9.17, 15) is 4.79 Å². The molecule has 0 saturated heterocycles. The molecule has 1 amide bonds. The van der Waals surface area contributed by atoms with Crippen LogP contribution in [-0.2, 0) is 4.79 Å². The summed E-state index contributed by atoms with van der Waals surface area (Å²) in [6, 6.07) is 15.3. The van der Waals surface area contributed by atoms with Crippen LogP contribution in [0, 0.1) is 0 Å². The Morgan fingerprint density at radius 1 is 1.15 bits per heavy atom. The highest BCUT2D eigenvalue weighted by atomic mass is 32.2. The van der Waals surface area contributed by atoms with E-state index in [1.54, 1.807) is 13.4 Å². The molecule has 27 heavy (non-hydrogen) atoms. The molecule has 1 N–H and O–H groups in total. The number of carbonyl (C=O) groups is 1. The molecule has 0 aliphatic heterocycles. The van der Waals surface area contributed by atoms with E-state index in [1.165, 1.54) is 11.8 Å². The van der Waals surface area contributed by atoms with Crippen molar-refractivity contribution in [3.63, 3.8) is 0 Å². The molecule has 3 aromatic rings. The third kappa shape index (κ3) is 4.79. The van der Waals surface area contributed by atoms with Crippen LogP contribution < -0.4 is 15.0 Å². The number of benzene rings is 2. The quantitative estimate of drug-likeness (QED) is 0.632. The van der Waals surface area contributed by atoms with E-state index in [-0.39, 0.29) is 11.7 Å². The van der Waals surface area contributed by atoms with Crippen molar-refractivity contribution < 1.29 is 9.53 Å². The van der Waals surface area contributed by atoms with Gasteiger partial charge in [0.1, 0.15) is 12.1 Å². The first-order chi connectivity index (χ1) is 13.1. The second kappa shape index (κ2) is 8.59. The van der Waals surface area contributed by atoms with Crippen molar-refractivity contribution in [2.75, 3.05) is 37.2 Å². The molecule has 0 unspecified atom stereocenters. The highest BCUT2D eigenvalue weighted by Gasteiger charge is 2.11. The number of nitrogens with one attached hydrogen (secondary N) is 1. The zero-order valence-electron chi connectivity index (χ0n) is 15.4. The second-order valence-electron chi connectivity index (χ2n) is 5.96. The van der Waals surface area contributed by atoms with Gasteiger partial charge in [0, 0.05) is 31.2 Å². The summed E-state index contributed by atoms with van der Waals surface area (Å²) in [4.78, 5) is 14.2. The van der Waals surface area contributed by atoms with Gasteiger partial charge in [0.2, 0.25) is 5.91 Å². The molecule has 0 radical (unpaired) electrons. The van der Waals surface area contributed by atoms with E-state index in [4.69, 9.17) is 4.74 Å². The Balaban J connectivity index is 1.60. The predicted molar refractivity (Wildman–Crippen MR) is 108 cm³/mol. The standard InChI is InChI=1S/C19H21N5O2S/c1-23(2)15-6-4-14(5-7-15)21-18(25)12-27-19-22-20-13-24(19)16-8-10-17(26-3)11-9-16/h4-11,13H,12H2,1-3H3,(H,21,25). The molecule has 8 heteroatoms. The summed E-state index contributed by atoms with van der Waals surface area (Å²) >= 11 is 1.33. The van der Waals surface area contributed by atoms with Gasteiger partial charge in [-0.15, -0.1) is 10.2 Å². The van der Waals surface area contributed by atoms with Gasteiger partial charge in [-0.3, -0.25) is 9.36 Å². The average Bonchev–Trinajstić information content (AvgIpc) is 3.15. The molecule has 1 heterocycles. The molecule has 7 nitrogen and oxygen atoms in total. The number of anilines is 2. The Morgan fingerprint density at radius 3 is 2.48 bits per heavy atom. The maximum atomic E-state index is 12.2. The van der Waals surface area contributed by atoms with Gasteiger partial charge in [0.15, 0.2) is 5.16 Å². The van der Waals surface area contributed by atoms with Crippen LogP contribution in [0.3, 0.4) is 0 Å². The second-order valence-corrected chi connectivity index (χ2v) is 6.90. The summed E-state index contributed by atoms with van der Waals surface area (Å²) in [6.07, 6.45) is 1.63. The Bertz CT molecular complexity index is 891. The van der Waals surface area contributed by atoms with Crippen LogP contribution in [0.1, 0.15) is 0 Å². The number of hydrogen-bond donors (Lipinski definition) is 1. The number of ether oxygens (including phenoxy) is 1. The summed E-state index contributed by atoms with van der Waals surface area (Å²) < 4.78 is 7.01. The van der Waals surface area contributed by atoms with E-state index in [1.807, 2.05) is 72.1 Å². The normalized spacial score (nSPS) is 10.5. The number of nitrogens with zero attached hydrogens (tertiary/aromatic N) is 4. The molecule has 3 rings (SSSR count). The lowest BCUT2D eigenvalue weighted by Gasteiger charge is -2.13. The summed E-state index contributed by atoms with van der Waals surface area (Å²) in [7, 11) is 5.58. The SMILES string of the molecule is COc1ccc(-n2cnnc2SCC(=O)Nc2ccc(N(C)C)cc2)cc1. The fourth-order valence-electron chi connectivity index (χ4n) is 2.41. The topological polar surface area (TPSA) is 72.3 Å². The van der Waals surface area contributed by atoms with Crippen molar-refractivity contribution in [3.8, 4) is 11.4 Å². The van der Waals surface area contributed by atoms with Gasteiger partial charge in [-0.25, -0.2) is 0 Å². The monoisotopic (exact) mass is 383 g/mol. The number of rotatable bonds is 7. The maximum Gasteiger partial charge on any atom is 0.234 e. The van der Waals surface area contributed by atoms with Crippen molar-refractivity contribution in [3.05, 3.63) is 54.9 Å². The van der Waals surface area contributed by atoms with E-state index >= 15 is 0 Å². The molecule has 0 spiro atoms. The van der Waals surface area contributed by atoms with E-state index in [0.29, 0.717) is 5.16 Å². The first kappa shape index (κ1) is 18.8. The Morgan fingerprint density at radius 2 is 1.85 bits per heavy atom. The Labute approximate surface area is 162 Å². The van der Waals surface area contributed by atoms with Crippen molar-refractivity contribution in [2.24, 2.45) is 0 Å². The number of aromatic nitrogens is 3. The van der Waals surface area contributed by atoms with Crippen molar-refractivity contribution >= 4 is 29.0 Å². The summed E-state index contributed by atoms with van der Waals surface area (Å²) in [5, 5.41) is 11.6. The summed E-state index contributed by atoms with van der Waals surface area (Å²) in [5.74, 6) is 0.923. The van der Waals surface area contributed by atoms with E-state index in [0.717, 1.165) is 22.8 Å². The van der Waals surface area contributed by atoms with Crippen LogP contribution in [-0.4, -0.2) is 47.6 Å². The molecule has 140 valence electrons. The molecule has 0 aliphatic rings. The van der Waals surface area contributed by atoms with E-state index in [2.05, 4.69) is 15.5 Å². The van der Waals surface area contributed by atoms with Crippen molar-refractivity contribution in [2.45, 2.75) is 5.16 Å². The highest BCUT2D eigenvalue weighted by Crippen LogP contribution is 2.22. The lowest BCUT2D eigenvalue weighted by atomic mass is 10.2. The average molecular weight is 383 g/mol. The van der Waals surface area contributed by atoms with Gasteiger partial charge < -0.3 is 15.0 Å². The highest BCUT2D eigenvalue weighted by molar-refractivity contribution is 7.99. The summed E-state index contributed by atoms with van der Waals surface area (Å²) in [5.41, 5.74) is 2.75. The molecular weight excluding hydrogens is 362 g/mol. The van der Waals surface area contributed by atoms with Crippen LogP contribution in [0.2, 0.25) is 0 Å². The largest absolute Gasteiger partial charge is 0.497 e. The smallest absolute Gasteiger partial charge is 0.234 e. The van der Waals surface area contributed by atoms with Crippen LogP contribution in [0.4, 0.5) is 11.4 Å². The number of thioether (sulfide) groups is 1. The van der Waals surface area contributed by atoms with Gasteiger partial charge in [-0.2, -0.15) is 0 Å². The van der Waals surface area contributed by atoms with Gasteiger partial charge in [0.05, 0.1) is 12.9 Å². The van der Waals surface area contributed by atoms with Gasteiger partial charge in [0.25, 0.3) is 0 Å². The third-order valence-corrected chi connectivity index (χ3v) is 4.81. The Hall–Kier alpha value is -3.00. The van der Waals surface area contributed by atoms with E-state index < -0.39 is 0 Å². The first-order valence-electron chi connectivity index (χ1n) is 8.31. The van der Waals surface area contributed by atoms with Crippen LogP contribution >= 0.6 is 11.8 Å². The van der Waals surface area contributed by atoms with Crippen LogP contribution in [0.15, 0.2) is 60.0 Å². The van der Waals surface area contributed by atoms with Crippen LogP contribution in [0.5, 0.6) is 5.75 Å². The predicted octanol–water partition coefficient (Wildman–Crippen LogP) is 3.07. The molecule has 0 bridgehead atoms. The van der Waals surface area contributed by atoms with Gasteiger partial charge in [-0.05, 0) is 48.5 Å². The fourth-order valence-corrected chi connectivity index (χ4v) is 3.14. The minimum absolute atomic E-state index is 0.0955. The number of amides is 1. The third-order valence-electron chi connectivity index (χ3n) is 3.87. The number of hydrogen-bond acceptors (Lipinski definition) is 6. The molecule has 0 saturated carbocycles. The first-order valence-corrected chi connectivity index (χ1v) is 9.30. The molecule has 1 aromatic heterocycles. The van der Waals surface area contributed by atoms with Crippen LogP contribution in [0.25, 0.3) is 5.69 Å². The number of methoxy groups -OCH3 is 1.